The standard InChI is InChI=1S/C8H9O.C5H10O2.Zn/c1-7-4-3-5-8(6-7)9-2;1-5(2,3)4(6)7;/h3-6H,1H2,2H3;1-3H3,(H,6,7);/q-1;;. The van der Waals surface area contributed by atoms with E-state index in [0.717, 1.165) is 11.3 Å². The van der Waals surface area contributed by atoms with Gasteiger partial charge in [-0.05, 0) is 26.8 Å². The van der Waals surface area contributed by atoms with Crippen molar-refractivity contribution in [3.63, 3.8) is 0 Å². The number of hydrogen-bond acceptors (Lipinski definition) is 2. The van der Waals surface area contributed by atoms with Gasteiger partial charge in [0.1, 0.15) is 0 Å². The molecule has 0 radical (unpaired) electrons. The second-order valence-electron chi connectivity index (χ2n) is 4.41. The smallest absolute Gasteiger partial charge is 0.308 e. The zero-order valence-electron chi connectivity index (χ0n) is 11.0. The maximum atomic E-state index is 10.0. The van der Waals surface area contributed by atoms with E-state index in [4.69, 9.17) is 9.84 Å². The molecule has 92 valence electrons. The maximum absolute atomic E-state index is 10.0. The predicted molar refractivity (Wildman–Crippen MR) is 64.5 cm³/mol. The van der Waals surface area contributed by atoms with Crippen LogP contribution in [0, 0.1) is 12.3 Å². The van der Waals surface area contributed by atoms with Crippen molar-refractivity contribution in [3.05, 3.63) is 36.8 Å². The summed E-state index contributed by atoms with van der Waals surface area (Å²) in [6.45, 7) is 8.74. The van der Waals surface area contributed by atoms with E-state index in [0.29, 0.717) is 0 Å². The molecule has 1 aromatic carbocycles. The van der Waals surface area contributed by atoms with E-state index >= 15 is 0 Å². The predicted octanol–water partition coefficient (Wildman–Crippen LogP) is 2.99. The van der Waals surface area contributed by atoms with E-state index in [2.05, 4.69) is 6.92 Å². The number of carboxylic acids is 1. The molecule has 0 atom stereocenters. The van der Waals surface area contributed by atoms with Crippen molar-refractivity contribution in [1.29, 1.82) is 0 Å². The van der Waals surface area contributed by atoms with E-state index < -0.39 is 11.4 Å². The zero-order valence-corrected chi connectivity index (χ0v) is 14.0. The first kappa shape index (κ1) is 18.4. The number of carboxylic acid groups (broad SMARTS) is 1. The minimum atomic E-state index is -0.757. The molecule has 0 saturated carbocycles. The van der Waals surface area contributed by atoms with Crippen LogP contribution in [0.2, 0.25) is 0 Å². The molecule has 0 bridgehead atoms. The van der Waals surface area contributed by atoms with Crippen LogP contribution >= 0.6 is 0 Å². The van der Waals surface area contributed by atoms with Crippen LogP contribution in [-0.4, -0.2) is 18.2 Å². The first-order valence-corrected chi connectivity index (χ1v) is 4.97. The number of hydrogen-bond donors (Lipinski definition) is 1. The molecular weight excluding hydrogens is 270 g/mol. The summed E-state index contributed by atoms with van der Waals surface area (Å²) < 4.78 is 4.96. The molecule has 0 aliphatic rings. The Morgan fingerprint density at radius 2 is 1.82 bits per heavy atom. The number of aliphatic carboxylic acids is 1. The van der Waals surface area contributed by atoms with Gasteiger partial charge in [0.05, 0.1) is 18.3 Å². The molecule has 0 unspecified atom stereocenters. The van der Waals surface area contributed by atoms with Gasteiger partial charge in [-0.1, -0.05) is 0 Å². The molecule has 1 rings (SSSR count). The van der Waals surface area contributed by atoms with Crippen molar-refractivity contribution in [2.75, 3.05) is 7.11 Å². The third kappa shape index (κ3) is 8.76. The van der Waals surface area contributed by atoms with Gasteiger partial charge in [-0.15, -0.1) is 12.1 Å². The summed E-state index contributed by atoms with van der Waals surface area (Å²) in [6, 6.07) is 7.64. The second kappa shape index (κ2) is 8.13. The Kier molecular flexibility index (Phi) is 8.78. The zero-order chi connectivity index (χ0) is 12.8. The van der Waals surface area contributed by atoms with Crippen molar-refractivity contribution in [2.24, 2.45) is 5.41 Å². The first-order valence-electron chi connectivity index (χ1n) is 4.97. The monoisotopic (exact) mass is 287 g/mol. The normalized spacial score (nSPS) is 9.41. The van der Waals surface area contributed by atoms with Crippen LogP contribution in [0.3, 0.4) is 0 Å². The molecule has 17 heavy (non-hydrogen) atoms. The Bertz CT molecular complexity index is 343. The summed E-state index contributed by atoms with van der Waals surface area (Å²) in [5.74, 6) is 0.106. The van der Waals surface area contributed by atoms with Crippen LogP contribution in [0.15, 0.2) is 24.3 Å². The molecule has 4 heteroatoms. The topological polar surface area (TPSA) is 46.5 Å². The number of methoxy groups -OCH3 is 1. The average molecular weight is 289 g/mol. The van der Waals surface area contributed by atoms with Gasteiger partial charge in [0, 0.05) is 19.5 Å². The largest absolute Gasteiger partial charge is 0.510 e. The molecule has 3 nitrogen and oxygen atoms in total. The van der Waals surface area contributed by atoms with Crippen LogP contribution in [0.1, 0.15) is 26.3 Å². The fourth-order valence-corrected chi connectivity index (χ4v) is 0.672. The van der Waals surface area contributed by atoms with Crippen molar-refractivity contribution >= 4 is 5.97 Å². The summed E-state index contributed by atoms with van der Waals surface area (Å²) >= 11 is 0. The van der Waals surface area contributed by atoms with Gasteiger partial charge in [0.2, 0.25) is 0 Å². The summed E-state index contributed by atoms with van der Waals surface area (Å²) in [5, 5.41) is 8.25. The average Bonchev–Trinajstić information content (AvgIpc) is 2.17. The van der Waals surface area contributed by atoms with E-state index in [1.54, 1.807) is 27.9 Å². The molecular formula is C13H19O3Zn-. The molecule has 0 aromatic heterocycles. The maximum Gasteiger partial charge on any atom is 0.308 e. The van der Waals surface area contributed by atoms with Crippen molar-refractivity contribution < 1.29 is 34.1 Å². The molecule has 0 amide bonds. The molecule has 0 heterocycles. The SMILES string of the molecule is CC(C)(C)C(=O)O.[CH2-]c1cccc(OC)c1.[Zn]. The summed E-state index contributed by atoms with van der Waals surface area (Å²) in [4.78, 5) is 10.0. The summed E-state index contributed by atoms with van der Waals surface area (Å²) in [7, 11) is 1.65. The fourth-order valence-electron chi connectivity index (χ4n) is 0.672. The Hall–Kier alpha value is -1.02. The first-order chi connectivity index (χ1) is 7.27. The molecule has 0 fully saturated rings. The Balaban J connectivity index is 0. The number of ether oxygens (including phenoxy) is 1. The molecule has 0 aliphatic carbocycles. The van der Waals surface area contributed by atoms with Gasteiger partial charge < -0.3 is 9.84 Å². The third-order valence-electron chi connectivity index (χ3n) is 1.78. The quantitative estimate of drug-likeness (QED) is 0.638. The number of rotatable bonds is 1. The van der Waals surface area contributed by atoms with Gasteiger partial charge in [-0.25, -0.2) is 0 Å². The van der Waals surface area contributed by atoms with Gasteiger partial charge in [0.15, 0.2) is 0 Å². The molecule has 1 N–H and O–H groups in total. The third-order valence-corrected chi connectivity index (χ3v) is 1.78. The minimum absolute atomic E-state index is 0. The van der Waals surface area contributed by atoms with E-state index in [1.807, 2.05) is 24.3 Å². The Labute approximate surface area is 116 Å². The number of carbonyl (C=O) groups is 1. The van der Waals surface area contributed by atoms with Crippen LogP contribution in [0.25, 0.3) is 0 Å². The van der Waals surface area contributed by atoms with Gasteiger partial charge in [0.25, 0.3) is 0 Å². The summed E-state index contributed by atoms with van der Waals surface area (Å²) in [6.07, 6.45) is 0. The van der Waals surface area contributed by atoms with Crippen LogP contribution in [-0.2, 0) is 24.3 Å². The molecule has 0 aliphatic heterocycles. The Morgan fingerprint density at radius 3 is 2.06 bits per heavy atom. The number of benzene rings is 1. The van der Waals surface area contributed by atoms with Crippen LogP contribution in [0.5, 0.6) is 5.75 Å². The van der Waals surface area contributed by atoms with Crippen molar-refractivity contribution in [1.82, 2.24) is 0 Å². The van der Waals surface area contributed by atoms with Gasteiger partial charge in [-0.3, -0.25) is 4.79 Å². The van der Waals surface area contributed by atoms with E-state index in [9.17, 15) is 4.79 Å². The van der Waals surface area contributed by atoms with Crippen LogP contribution in [0.4, 0.5) is 0 Å². The summed E-state index contributed by atoms with van der Waals surface area (Å²) in [5.41, 5.74) is 0.398. The van der Waals surface area contributed by atoms with E-state index in [-0.39, 0.29) is 19.5 Å². The molecule has 0 spiro atoms. The second-order valence-corrected chi connectivity index (χ2v) is 4.41. The molecule has 1 aromatic rings. The van der Waals surface area contributed by atoms with Gasteiger partial charge in [-0.2, -0.15) is 18.6 Å². The van der Waals surface area contributed by atoms with Crippen molar-refractivity contribution in [2.45, 2.75) is 20.8 Å². The van der Waals surface area contributed by atoms with Crippen LogP contribution < -0.4 is 4.74 Å². The van der Waals surface area contributed by atoms with E-state index in [1.165, 1.54) is 0 Å². The molecule has 0 saturated heterocycles. The van der Waals surface area contributed by atoms with Gasteiger partial charge >= 0.3 is 5.97 Å². The Morgan fingerprint density at radius 1 is 1.35 bits per heavy atom. The minimum Gasteiger partial charge on any atom is -0.510 e. The fraction of sp³-hybridized carbons (Fsp3) is 0.385. The van der Waals surface area contributed by atoms with Crippen molar-refractivity contribution in [3.8, 4) is 5.75 Å².